The fourth-order valence-electron chi connectivity index (χ4n) is 3.74. The van der Waals surface area contributed by atoms with Gasteiger partial charge in [0.25, 0.3) is 5.56 Å². The number of nitrogens with two attached hydrogens (primary N) is 1. The van der Waals surface area contributed by atoms with Gasteiger partial charge in [-0.25, -0.2) is 9.78 Å². The number of benzene rings is 2. The second-order valence-electron chi connectivity index (χ2n) is 8.39. The zero-order chi connectivity index (χ0) is 23.4. The van der Waals surface area contributed by atoms with Gasteiger partial charge in [-0.2, -0.15) is 0 Å². The van der Waals surface area contributed by atoms with Crippen LogP contribution in [-0.2, 0) is 24.4 Å². The van der Waals surface area contributed by atoms with Gasteiger partial charge in [0.15, 0.2) is 0 Å². The lowest BCUT2D eigenvalue weighted by Gasteiger charge is -2.14. The van der Waals surface area contributed by atoms with Crippen molar-refractivity contribution in [1.82, 2.24) is 14.1 Å². The van der Waals surface area contributed by atoms with Gasteiger partial charge in [-0.05, 0) is 46.9 Å². The van der Waals surface area contributed by atoms with Gasteiger partial charge < -0.3 is 10.5 Å². The summed E-state index contributed by atoms with van der Waals surface area (Å²) in [6.45, 7) is 5.42. The van der Waals surface area contributed by atoms with Crippen LogP contribution in [0, 0.1) is 0 Å². The highest BCUT2D eigenvalue weighted by molar-refractivity contribution is 5.73. The quantitative estimate of drug-likeness (QED) is 0.332. The van der Waals surface area contributed by atoms with Gasteiger partial charge in [0.05, 0.1) is 31.7 Å². The molecule has 2 aromatic heterocycles. The predicted octanol–water partition coefficient (Wildman–Crippen LogP) is 3.53. The third-order valence-corrected chi connectivity index (χ3v) is 5.67. The molecule has 7 heteroatoms. The van der Waals surface area contributed by atoms with E-state index in [-0.39, 0.29) is 25.3 Å². The first kappa shape index (κ1) is 22.5. The van der Waals surface area contributed by atoms with Crippen molar-refractivity contribution in [2.24, 2.45) is 0 Å². The van der Waals surface area contributed by atoms with E-state index in [1.807, 2.05) is 24.3 Å². The maximum absolute atomic E-state index is 13.2. The summed E-state index contributed by atoms with van der Waals surface area (Å²) in [5.41, 5.74) is 9.24. The Morgan fingerprint density at radius 2 is 1.64 bits per heavy atom. The Kier molecular flexibility index (Phi) is 6.70. The van der Waals surface area contributed by atoms with E-state index in [4.69, 9.17) is 10.5 Å². The van der Waals surface area contributed by atoms with Gasteiger partial charge >= 0.3 is 5.69 Å². The highest BCUT2D eigenvalue weighted by atomic mass is 16.5. The average Bonchev–Trinajstić information content (AvgIpc) is 2.82. The highest BCUT2D eigenvalue weighted by Crippen LogP contribution is 2.15. The second-order valence-corrected chi connectivity index (χ2v) is 8.39. The lowest BCUT2D eigenvalue weighted by Crippen LogP contribution is -2.41. The van der Waals surface area contributed by atoms with Crippen LogP contribution in [0.1, 0.15) is 36.5 Å². The lowest BCUT2D eigenvalue weighted by atomic mass is 10.0. The number of anilines is 1. The second kappa shape index (κ2) is 9.83. The first-order valence-corrected chi connectivity index (χ1v) is 11.0. The molecule has 0 atom stereocenters. The number of nitrogens with zero attached hydrogens (tertiary/aromatic N) is 3. The van der Waals surface area contributed by atoms with Crippen molar-refractivity contribution in [2.75, 3.05) is 12.3 Å². The molecule has 2 N–H and O–H groups in total. The lowest BCUT2D eigenvalue weighted by molar-refractivity contribution is 0.111. The van der Waals surface area contributed by atoms with Crippen LogP contribution in [0.3, 0.4) is 0 Å². The molecule has 0 spiro atoms. The summed E-state index contributed by atoms with van der Waals surface area (Å²) in [7, 11) is 0. The summed E-state index contributed by atoms with van der Waals surface area (Å²) in [4.78, 5) is 30.6. The Labute approximate surface area is 192 Å². The van der Waals surface area contributed by atoms with Crippen molar-refractivity contribution >= 4 is 16.7 Å². The number of hydrogen-bond acceptors (Lipinski definition) is 5. The molecule has 0 radical (unpaired) electrons. The first-order valence-electron chi connectivity index (χ1n) is 11.0. The van der Waals surface area contributed by atoms with Gasteiger partial charge in [0.2, 0.25) is 0 Å². The van der Waals surface area contributed by atoms with Crippen molar-refractivity contribution < 1.29 is 4.74 Å². The Bertz CT molecular complexity index is 1350. The number of ether oxygens (including phenoxy) is 1. The SMILES string of the molecule is CC(C)c1ccc(COCCn2c(=O)c3cccnc3n(Cc3ccc(N)cc3)c2=O)cc1. The molecule has 0 saturated heterocycles. The van der Waals surface area contributed by atoms with Crippen molar-refractivity contribution in [3.05, 3.63) is 104 Å². The molecule has 33 heavy (non-hydrogen) atoms. The average molecular weight is 445 g/mol. The topological polar surface area (TPSA) is 92.1 Å². The molecular weight excluding hydrogens is 416 g/mol. The number of rotatable bonds is 8. The molecule has 0 unspecified atom stereocenters. The van der Waals surface area contributed by atoms with E-state index in [0.29, 0.717) is 29.2 Å². The fourth-order valence-corrected chi connectivity index (χ4v) is 3.74. The molecule has 2 heterocycles. The molecule has 0 aliphatic heterocycles. The van der Waals surface area contributed by atoms with Crippen LogP contribution in [0.4, 0.5) is 5.69 Å². The molecule has 0 aliphatic carbocycles. The van der Waals surface area contributed by atoms with Gasteiger partial charge in [0.1, 0.15) is 5.65 Å². The number of fused-ring (bicyclic) bond motifs is 1. The molecule has 0 fully saturated rings. The van der Waals surface area contributed by atoms with Crippen LogP contribution in [0.5, 0.6) is 0 Å². The van der Waals surface area contributed by atoms with E-state index in [0.717, 1.165) is 11.1 Å². The minimum absolute atomic E-state index is 0.161. The Morgan fingerprint density at radius 3 is 2.33 bits per heavy atom. The number of hydrogen-bond donors (Lipinski definition) is 1. The van der Waals surface area contributed by atoms with Crippen LogP contribution in [0.15, 0.2) is 76.4 Å². The third kappa shape index (κ3) is 5.04. The molecule has 0 amide bonds. The van der Waals surface area contributed by atoms with E-state index < -0.39 is 5.69 Å². The van der Waals surface area contributed by atoms with Crippen molar-refractivity contribution in [3.63, 3.8) is 0 Å². The molecule has 7 nitrogen and oxygen atoms in total. The number of aromatic nitrogens is 3. The number of pyridine rings is 1. The molecule has 4 aromatic rings. The van der Waals surface area contributed by atoms with E-state index in [2.05, 4.69) is 31.0 Å². The first-order chi connectivity index (χ1) is 15.9. The Morgan fingerprint density at radius 1 is 0.939 bits per heavy atom. The molecular formula is C26H28N4O3. The minimum Gasteiger partial charge on any atom is -0.399 e. The van der Waals surface area contributed by atoms with E-state index in [1.54, 1.807) is 30.5 Å². The Hall–Kier alpha value is -3.71. The third-order valence-electron chi connectivity index (χ3n) is 5.67. The van der Waals surface area contributed by atoms with Crippen LogP contribution in [-0.4, -0.2) is 20.7 Å². The number of nitrogen functional groups attached to an aromatic ring is 1. The monoisotopic (exact) mass is 444 g/mol. The van der Waals surface area contributed by atoms with Crippen molar-refractivity contribution in [1.29, 1.82) is 0 Å². The van der Waals surface area contributed by atoms with Crippen LogP contribution >= 0.6 is 0 Å². The van der Waals surface area contributed by atoms with Gasteiger partial charge in [-0.1, -0.05) is 50.2 Å². The van der Waals surface area contributed by atoms with Gasteiger partial charge in [-0.3, -0.25) is 13.9 Å². The van der Waals surface area contributed by atoms with Crippen molar-refractivity contribution in [2.45, 2.75) is 39.5 Å². The normalized spacial score (nSPS) is 11.4. The maximum Gasteiger partial charge on any atom is 0.333 e. The molecule has 0 bridgehead atoms. The van der Waals surface area contributed by atoms with E-state index in [9.17, 15) is 9.59 Å². The van der Waals surface area contributed by atoms with Crippen molar-refractivity contribution in [3.8, 4) is 0 Å². The zero-order valence-corrected chi connectivity index (χ0v) is 18.9. The van der Waals surface area contributed by atoms with Crippen LogP contribution < -0.4 is 17.0 Å². The van der Waals surface area contributed by atoms with Crippen LogP contribution in [0.25, 0.3) is 11.0 Å². The fraction of sp³-hybridized carbons (Fsp3) is 0.269. The summed E-state index contributed by atoms with van der Waals surface area (Å²) in [6.07, 6.45) is 1.58. The maximum atomic E-state index is 13.2. The molecule has 170 valence electrons. The highest BCUT2D eigenvalue weighted by Gasteiger charge is 2.14. The molecule has 0 saturated carbocycles. The minimum atomic E-state index is -0.409. The summed E-state index contributed by atoms with van der Waals surface area (Å²) in [6, 6.07) is 19.0. The largest absolute Gasteiger partial charge is 0.399 e. The Balaban J connectivity index is 1.55. The zero-order valence-electron chi connectivity index (χ0n) is 18.9. The van der Waals surface area contributed by atoms with Gasteiger partial charge in [0, 0.05) is 11.9 Å². The predicted molar refractivity (Wildman–Crippen MR) is 130 cm³/mol. The van der Waals surface area contributed by atoms with E-state index >= 15 is 0 Å². The standard InChI is InChI=1S/C26H28N4O3/c1-18(2)21-9-5-20(6-10-21)17-33-15-14-29-25(31)23-4-3-13-28-24(23)30(26(29)32)16-19-7-11-22(27)12-8-19/h3-13,18H,14-17,27H2,1-2H3. The summed E-state index contributed by atoms with van der Waals surface area (Å²) in [5.74, 6) is 0.477. The summed E-state index contributed by atoms with van der Waals surface area (Å²) in [5, 5.41) is 0.400. The summed E-state index contributed by atoms with van der Waals surface area (Å²) >= 11 is 0. The van der Waals surface area contributed by atoms with E-state index in [1.165, 1.54) is 14.7 Å². The van der Waals surface area contributed by atoms with Gasteiger partial charge in [-0.15, -0.1) is 0 Å². The smallest absolute Gasteiger partial charge is 0.333 e. The van der Waals surface area contributed by atoms with Crippen LogP contribution in [0.2, 0.25) is 0 Å². The summed E-state index contributed by atoms with van der Waals surface area (Å²) < 4.78 is 8.53. The molecule has 0 aliphatic rings. The molecule has 4 rings (SSSR count). The molecule has 2 aromatic carbocycles.